The molecule has 4 nitrogen and oxygen atoms in total. The lowest BCUT2D eigenvalue weighted by Gasteiger charge is -2.20. The summed E-state index contributed by atoms with van der Waals surface area (Å²) in [6, 6.07) is -0.561. The molecule has 70 valence electrons. The highest BCUT2D eigenvalue weighted by molar-refractivity contribution is 5.73. The monoisotopic (exact) mass is 174 g/mol. The first-order valence-electron chi connectivity index (χ1n) is 4.36. The molecule has 0 fully saturated rings. The summed E-state index contributed by atoms with van der Waals surface area (Å²) < 4.78 is 11.9. The van der Waals surface area contributed by atoms with Gasteiger partial charge in [0.05, 0.1) is 6.04 Å². The van der Waals surface area contributed by atoms with Crippen LogP contribution in [0.1, 0.15) is 29.0 Å². The van der Waals surface area contributed by atoms with E-state index < -0.39 is 17.7 Å². The van der Waals surface area contributed by atoms with Crippen LogP contribution in [0.25, 0.3) is 0 Å². The average Bonchev–Trinajstić information content (AvgIpc) is 2.03. The summed E-state index contributed by atoms with van der Waals surface area (Å²) in [5.74, 6) is 0. The zero-order chi connectivity index (χ0) is 10.5. The van der Waals surface area contributed by atoms with Gasteiger partial charge in [-0.25, -0.2) is 4.79 Å². The predicted molar refractivity (Wildman–Crippen MR) is 44.9 cm³/mol. The molecule has 1 N–H and O–H groups in total. The van der Waals surface area contributed by atoms with Crippen LogP contribution >= 0.6 is 0 Å². The zero-order valence-corrected chi connectivity index (χ0v) is 7.59. The van der Waals surface area contributed by atoms with Gasteiger partial charge in [0.25, 0.3) is 0 Å². The molecule has 0 unspecified atom stereocenters. The number of ether oxygens (including phenoxy) is 1. The molecule has 0 bridgehead atoms. The second kappa shape index (κ2) is 4.09. The summed E-state index contributed by atoms with van der Waals surface area (Å²) in [7, 11) is 0. The number of amides is 1. The van der Waals surface area contributed by atoms with Crippen molar-refractivity contribution in [3.8, 4) is 0 Å². The summed E-state index contributed by atoms with van der Waals surface area (Å²) in [4.78, 5) is 21.2. The predicted octanol–water partition coefficient (Wildman–Crippen LogP) is 1.10. The number of nitrogens with one attached hydrogen (secondary N) is 1. The first-order chi connectivity index (χ1) is 5.91. The van der Waals surface area contributed by atoms with Gasteiger partial charge >= 0.3 is 6.09 Å². The lowest BCUT2D eigenvalue weighted by atomic mass is 10.2. The molecule has 0 radical (unpaired) electrons. The van der Waals surface area contributed by atoms with Crippen molar-refractivity contribution in [1.29, 1.82) is 0 Å². The Kier molecular flexibility index (Phi) is 3.08. The normalized spacial score (nSPS) is 14.4. The van der Waals surface area contributed by atoms with E-state index in [9.17, 15) is 9.59 Å². The summed E-state index contributed by atoms with van der Waals surface area (Å²) in [6.07, 6.45) is -0.0635. The van der Waals surface area contributed by atoms with Crippen molar-refractivity contribution < 1.29 is 15.7 Å². The average molecular weight is 174 g/mol. The molecule has 1 amide bonds. The fraction of sp³-hybridized carbons (Fsp3) is 0.750. The summed E-state index contributed by atoms with van der Waals surface area (Å²) in [6.45, 7) is 4.79. The van der Waals surface area contributed by atoms with Gasteiger partial charge in [0, 0.05) is 1.37 Å². The van der Waals surface area contributed by atoms with Crippen LogP contribution in [0, 0.1) is 0 Å². The Balaban J connectivity index is 3.94. The van der Waals surface area contributed by atoms with Crippen LogP contribution in [0.4, 0.5) is 4.79 Å². The molecule has 12 heavy (non-hydrogen) atoms. The highest BCUT2D eigenvalue weighted by Gasteiger charge is 2.16. The zero-order valence-electron chi connectivity index (χ0n) is 8.59. The second-order valence-electron chi connectivity index (χ2n) is 3.22. The molecule has 0 aliphatic heterocycles. The first-order valence-corrected chi connectivity index (χ1v) is 3.65. The molecule has 0 aromatic carbocycles. The molecule has 0 aromatic rings. The highest BCUT2D eigenvalue weighted by atomic mass is 16.6. The largest absolute Gasteiger partial charge is 0.444 e. The molecule has 1 atom stereocenters. The van der Waals surface area contributed by atoms with Gasteiger partial charge in [0.1, 0.15) is 11.9 Å². The van der Waals surface area contributed by atoms with Crippen molar-refractivity contribution >= 4 is 12.4 Å². The number of carbonyl (C=O) groups is 2. The van der Waals surface area contributed by atoms with E-state index in [2.05, 4.69) is 5.32 Å². The Labute approximate surface area is 73.7 Å². The quantitative estimate of drug-likeness (QED) is 0.638. The third kappa shape index (κ3) is 5.70. The number of carbonyl (C=O) groups excluding carboxylic acids is 2. The maximum atomic E-state index is 11.0. The molecular weight excluding hydrogens is 158 g/mol. The van der Waals surface area contributed by atoms with Gasteiger partial charge in [-0.15, -0.1) is 0 Å². The summed E-state index contributed by atoms with van der Waals surface area (Å²) in [5.41, 5.74) is -0.813. The molecule has 0 rings (SSSR count). The molecule has 0 aliphatic rings. The van der Waals surface area contributed by atoms with Crippen LogP contribution < -0.4 is 5.32 Å². The van der Waals surface area contributed by atoms with E-state index in [-0.39, 0.29) is 6.90 Å². The van der Waals surface area contributed by atoms with Crippen LogP contribution in [0.2, 0.25) is 0 Å². The van der Waals surface area contributed by atoms with E-state index in [1.165, 1.54) is 0 Å². The number of hydrogen-bond acceptors (Lipinski definition) is 3. The number of alkyl carbamates (subject to hydrolysis) is 1. The third-order valence-electron chi connectivity index (χ3n) is 0.919. The lowest BCUT2D eigenvalue weighted by Crippen LogP contribution is -2.38. The molecule has 0 saturated heterocycles. The summed E-state index contributed by atoms with van der Waals surface area (Å²) >= 11 is 0. The number of hydrogen-bond donors (Lipinski definition) is 1. The van der Waals surface area contributed by atoms with Gasteiger partial charge in [-0.3, -0.25) is 0 Å². The van der Waals surface area contributed by atoms with E-state index in [1.54, 1.807) is 20.8 Å². The SMILES string of the molecule is [2H]CC(C)(C)OC(=O)N[C@@H](C)C=O. The standard InChI is InChI=1S/C8H15NO3/c1-6(5-10)9-7(11)12-8(2,3)4/h5-6H,1-4H3,(H,9,11)/t6-/m0/s1/i2D. The van der Waals surface area contributed by atoms with Crippen molar-refractivity contribution in [3.63, 3.8) is 0 Å². The van der Waals surface area contributed by atoms with Gasteiger partial charge < -0.3 is 14.8 Å². The Bertz CT molecular complexity index is 194. The Morgan fingerprint density at radius 2 is 2.33 bits per heavy atom. The summed E-state index contributed by atoms with van der Waals surface area (Å²) in [5, 5.41) is 2.31. The minimum atomic E-state index is -0.813. The molecule has 0 spiro atoms. The Morgan fingerprint density at radius 3 is 2.75 bits per heavy atom. The Hall–Kier alpha value is -1.06. The second-order valence-corrected chi connectivity index (χ2v) is 3.22. The van der Waals surface area contributed by atoms with E-state index in [0.717, 1.165) is 0 Å². The van der Waals surface area contributed by atoms with Crippen molar-refractivity contribution in [1.82, 2.24) is 5.32 Å². The molecule has 4 heteroatoms. The first kappa shape index (κ1) is 9.03. The van der Waals surface area contributed by atoms with Gasteiger partial charge in [-0.2, -0.15) is 0 Å². The van der Waals surface area contributed by atoms with Crippen LogP contribution in [0.5, 0.6) is 0 Å². The van der Waals surface area contributed by atoms with Crippen molar-refractivity contribution in [2.24, 2.45) is 0 Å². The fourth-order valence-electron chi connectivity index (χ4n) is 0.500. The van der Waals surface area contributed by atoms with Gasteiger partial charge in [0.2, 0.25) is 0 Å². The van der Waals surface area contributed by atoms with E-state index >= 15 is 0 Å². The van der Waals surface area contributed by atoms with Crippen LogP contribution in [-0.2, 0) is 9.53 Å². The van der Waals surface area contributed by atoms with Crippen molar-refractivity contribution in [3.05, 3.63) is 0 Å². The van der Waals surface area contributed by atoms with E-state index in [0.29, 0.717) is 6.29 Å². The fourth-order valence-corrected chi connectivity index (χ4v) is 0.500. The van der Waals surface area contributed by atoms with Gasteiger partial charge in [-0.05, 0) is 27.7 Å². The van der Waals surface area contributed by atoms with E-state index in [1.807, 2.05) is 0 Å². The molecule has 0 aromatic heterocycles. The molecule has 0 heterocycles. The molecule has 0 saturated carbocycles. The van der Waals surface area contributed by atoms with Gasteiger partial charge in [0.15, 0.2) is 0 Å². The molecule has 0 aliphatic carbocycles. The van der Waals surface area contributed by atoms with Crippen LogP contribution in [0.3, 0.4) is 0 Å². The minimum absolute atomic E-state index is 0.0180. The van der Waals surface area contributed by atoms with Crippen molar-refractivity contribution in [2.45, 2.75) is 39.3 Å². The van der Waals surface area contributed by atoms with Gasteiger partial charge in [-0.1, -0.05) is 0 Å². The molecular formula is C8H15NO3. The Morgan fingerprint density at radius 1 is 1.75 bits per heavy atom. The lowest BCUT2D eigenvalue weighted by molar-refractivity contribution is -0.109. The smallest absolute Gasteiger partial charge is 0.408 e. The third-order valence-corrected chi connectivity index (χ3v) is 0.919. The maximum Gasteiger partial charge on any atom is 0.408 e. The van der Waals surface area contributed by atoms with Crippen molar-refractivity contribution in [2.75, 3.05) is 0 Å². The van der Waals surface area contributed by atoms with Crippen LogP contribution in [-0.4, -0.2) is 24.0 Å². The van der Waals surface area contributed by atoms with E-state index in [4.69, 9.17) is 6.11 Å². The van der Waals surface area contributed by atoms with Crippen LogP contribution in [0.15, 0.2) is 0 Å². The number of rotatable bonds is 2. The number of aldehydes is 1. The maximum absolute atomic E-state index is 11.0. The topological polar surface area (TPSA) is 55.4 Å². The highest BCUT2D eigenvalue weighted by Crippen LogP contribution is 2.06. The minimum Gasteiger partial charge on any atom is -0.444 e.